The van der Waals surface area contributed by atoms with Gasteiger partial charge in [0.2, 0.25) is 5.91 Å². The van der Waals surface area contributed by atoms with Crippen molar-refractivity contribution in [2.75, 3.05) is 11.9 Å². The van der Waals surface area contributed by atoms with Crippen LogP contribution in [0, 0.1) is 0 Å². The standard InChI is InChI=1S/C14H18BrCl2NO/c1-10(2)18(7-3-6-15)14(19)9-11-4-5-12(16)13(17)8-11/h4-5,8,10H,3,6-7,9H2,1-2H3. The molecule has 0 aliphatic carbocycles. The van der Waals surface area contributed by atoms with Gasteiger partial charge in [0.25, 0.3) is 0 Å². The summed E-state index contributed by atoms with van der Waals surface area (Å²) in [5.74, 6) is 0.120. The Kier molecular flexibility index (Phi) is 7.19. The number of halogens is 3. The van der Waals surface area contributed by atoms with Gasteiger partial charge in [-0.2, -0.15) is 0 Å². The first-order valence-corrected chi connectivity index (χ1v) is 8.12. The molecule has 1 aromatic carbocycles. The predicted molar refractivity (Wildman–Crippen MR) is 85.4 cm³/mol. The average molecular weight is 367 g/mol. The highest BCUT2D eigenvalue weighted by Crippen LogP contribution is 2.23. The summed E-state index contributed by atoms with van der Waals surface area (Å²) in [6, 6.07) is 5.53. The topological polar surface area (TPSA) is 20.3 Å². The Labute approximate surface area is 133 Å². The molecule has 0 aliphatic heterocycles. The Bertz CT molecular complexity index is 437. The smallest absolute Gasteiger partial charge is 0.227 e. The van der Waals surface area contributed by atoms with E-state index in [0.29, 0.717) is 16.5 Å². The molecule has 5 heteroatoms. The third kappa shape index (κ3) is 5.33. The van der Waals surface area contributed by atoms with E-state index >= 15 is 0 Å². The van der Waals surface area contributed by atoms with Crippen molar-refractivity contribution in [2.45, 2.75) is 32.7 Å². The SMILES string of the molecule is CC(C)N(CCCBr)C(=O)Cc1ccc(Cl)c(Cl)c1. The summed E-state index contributed by atoms with van der Waals surface area (Å²) in [7, 11) is 0. The molecule has 1 rings (SSSR count). The quantitative estimate of drug-likeness (QED) is 0.676. The maximum atomic E-state index is 12.3. The molecule has 0 saturated carbocycles. The first kappa shape index (κ1) is 16.8. The van der Waals surface area contributed by atoms with Gasteiger partial charge in [0.05, 0.1) is 16.5 Å². The van der Waals surface area contributed by atoms with Crippen molar-refractivity contribution in [3.05, 3.63) is 33.8 Å². The summed E-state index contributed by atoms with van der Waals surface area (Å²) < 4.78 is 0. The molecule has 0 radical (unpaired) electrons. The van der Waals surface area contributed by atoms with Crippen LogP contribution in [0.3, 0.4) is 0 Å². The van der Waals surface area contributed by atoms with Crippen molar-refractivity contribution in [1.82, 2.24) is 4.90 Å². The van der Waals surface area contributed by atoms with Crippen molar-refractivity contribution in [3.8, 4) is 0 Å². The molecule has 0 unspecified atom stereocenters. The van der Waals surface area contributed by atoms with E-state index in [1.54, 1.807) is 12.1 Å². The third-order valence-electron chi connectivity index (χ3n) is 2.82. The molecule has 1 aromatic rings. The largest absolute Gasteiger partial charge is 0.340 e. The summed E-state index contributed by atoms with van der Waals surface area (Å²) in [4.78, 5) is 14.2. The van der Waals surface area contributed by atoms with Gasteiger partial charge in [-0.3, -0.25) is 4.79 Å². The number of alkyl halides is 1. The number of rotatable bonds is 6. The van der Waals surface area contributed by atoms with Crippen molar-refractivity contribution >= 4 is 45.0 Å². The lowest BCUT2D eigenvalue weighted by atomic mass is 10.1. The first-order chi connectivity index (χ1) is 8.95. The second-order valence-electron chi connectivity index (χ2n) is 4.65. The molecular weight excluding hydrogens is 349 g/mol. The molecule has 0 spiro atoms. The fourth-order valence-electron chi connectivity index (χ4n) is 1.83. The van der Waals surface area contributed by atoms with E-state index in [4.69, 9.17) is 23.2 Å². The Morgan fingerprint density at radius 2 is 2.00 bits per heavy atom. The zero-order chi connectivity index (χ0) is 14.4. The van der Waals surface area contributed by atoms with E-state index in [0.717, 1.165) is 23.9 Å². The molecule has 0 N–H and O–H groups in total. The van der Waals surface area contributed by atoms with Crippen LogP contribution in [0.4, 0.5) is 0 Å². The lowest BCUT2D eigenvalue weighted by Gasteiger charge is -2.26. The normalized spacial score (nSPS) is 10.8. The van der Waals surface area contributed by atoms with E-state index in [1.165, 1.54) is 0 Å². The van der Waals surface area contributed by atoms with Gasteiger partial charge in [-0.25, -0.2) is 0 Å². The zero-order valence-corrected chi connectivity index (χ0v) is 14.2. The fourth-order valence-corrected chi connectivity index (χ4v) is 2.40. The number of nitrogens with zero attached hydrogens (tertiary/aromatic N) is 1. The molecule has 0 heterocycles. The molecule has 2 nitrogen and oxygen atoms in total. The Balaban J connectivity index is 2.72. The number of amides is 1. The van der Waals surface area contributed by atoms with Gasteiger partial charge < -0.3 is 4.90 Å². The zero-order valence-electron chi connectivity index (χ0n) is 11.1. The molecule has 19 heavy (non-hydrogen) atoms. The number of hydrogen-bond donors (Lipinski definition) is 0. The van der Waals surface area contributed by atoms with Crippen LogP contribution in [0.25, 0.3) is 0 Å². The highest BCUT2D eigenvalue weighted by molar-refractivity contribution is 9.09. The maximum absolute atomic E-state index is 12.3. The van der Waals surface area contributed by atoms with Gasteiger partial charge >= 0.3 is 0 Å². The average Bonchev–Trinajstić information content (AvgIpc) is 2.34. The van der Waals surface area contributed by atoms with E-state index in [9.17, 15) is 4.79 Å². The second kappa shape index (κ2) is 8.13. The molecule has 0 aromatic heterocycles. The van der Waals surface area contributed by atoms with Crippen molar-refractivity contribution in [2.24, 2.45) is 0 Å². The highest BCUT2D eigenvalue weighted by atomic mass is 79.9. The Hall–Kier alpha value is -0.250. The van der Waals surface area contributed by atoms with E-state index < -0.39 is 0 Å². The number of benzene rings is 1. The minimum atomic E-state index is 0.120. The fraction of sp³-hybridized carbons (Fsp3) is 0.500. The van der Waals surface area contributed by atoms with Gasteiger partial charge in [-0.15, -0.1) is 0 Å². The van der Waals surface area contributed by atoms with Crippen LogP contribution in [0.1, 0.15) is 25.8 Å². The summed E-state index contributed by atoms with van der Waals surface area (Å²) in [5, 5.41) is 1.90. The van der Waals surface area contributed by atoms with Crippen molar-refractivity contribution in [3.63, 3.8) is 0 Å². The van der Waals surface area contributed by atoms with E-state index in [-0.39, 0.29) is 11.9 Å². The van der Waals surface area contributed by atoms with Crippen LogP contribution in [0.5, 0.6) is 0 Å². The minimum absolute atomic E-state index is 0.120. The van der Waals surface area contributed by atoms with Crippen LogP contribution in [0.2, 0.25) is 10.0 Å². The molecular formula is C14H18BrCl2NO. The Morgan fingerprint density at radius 1 is 1.32 bits per heavy atom. The maximum Gasteiger partial charge on any atom is 0.227 e. The molecule has 0 atom stereocenters. The lowest BCUT2D eigenvalue weighted by molar-refractivity contribution is -0.132. The van der Waals surface area contributed by atoms with E-state index in [2.05, 4.69) is 15.9 Å². The molecule has 106 valence electrons. The Morgan fingerprint density at radius 3 is 2.53 bits per heavy atom. The van der Waals surface area contributed by atoms with Gasteiger partial charge in [0, 0.05) is 17.9 Å². The summed E-state index contributed by atoms with van der Waals surface area (Å²) in [5.41, 5.74) is 0.892. The van der Waals surface area contributed by atoms with Gasteiger partial charge in [0.15, 0.2) is 0 Å². The third-order valence-corrected chi connectivity index (χ3v) is 4.12. The van der Waals surface area contributed by atoms with Crippen LogP contribution in [-0.2, 0) is 11.2 Å². The summed E-state index contributed by atoms with van der Waals surface area (Å²) in [6.45, 7) is 4.82. The molecule has 0 saturated heterocycles. The first-order valence-electron chi connectivity index (χ1n) is 6.25. The van der Waals surface area contributed by atoms with Crippen molar-refractivity contribution in [1.29, 1.82) is 0 Å². The minimum Gasteiger partial charge on any atom is -0.340 e. The molecule has 0 bridgehead atoms. The van der Waals surface area contributed by atoms with Crippen LogP contribution >= 0.6 is 39.1 Å². The number of hydrogen-bond acceptors (Lipinski definition) is 1. The monoisotopic (exact) mass is 365 g/mol. The number of carbonyl (C=O) groups is 1. The predicted octanol–water partition coefficient (Wildman–Crippen LogP) is 4.56. The van der Waals surface area contributed by atoms with Gasteiger partial charge in [-0.05, 0) is 38.0 Å². The van der Waals surface area contributed by atoms with Crippen LogP contribution in [-0.4, -0.2) is 28.7 Å². The lowest BCUT2D eigenvalue weighted by Crippen LogP contribution is -2.38. The molecule has 0 aliphatic rings. The number of carbonyl (C=O) groups excluding carboxylic acids is 1. The van der Waals surface area contributed by atoms with E-state index in [1.807, 2.05) is 24.8 Å². The second-order valence-corrected chi connectivity index (χ2v) is 6.26. The molecule has 1 amide bonds. The highest BCUT2D eigenvalue weighted by Gasteiger charge is 2.17. The van der Waals surface area contributed by atoms with Crippen molar-refractivity contribution < 1.29 is 4.79 Å². The van der Waals surface area contributed by atoms with Gasteiger partial charge in [-0.1, -0.05) is 45.2 Å². The summed E-state index contributed by atoms with van der Waals surface area (Å²) >= 11 is 15.2. The summed E-state index contributed by atoms with van der Waals surface area (Å²) in [6.07, 6.45) is 1.31. The van der Waals surface area contributed by atoms with Crippen LogP contribution < -0.4 is 0 Å². The molecule has 0 fully saturated rings. The van der Waals surface area contributed by atoms with Crippen LogP contribution in [0.15, 0.2) is 18.2 Å². The van der Waals surface area contributed by atoms with Gasteiger partial charge in [0.1, 0.15) is 0 Å².